The first-order valence-electron chi connectivity index (χ1n) is 11.1. The summed E-state index contributed by atoms with van der Waals surface area (Å²) in [6.07, 6.45) is 0. The minimum atomic E-state index is -0.624. The molecule has 0 bridgehead atoms. The van der Waals surface area contributed by atoms with Crippen molar-refractivity contribution < 1.29 is 18.7 Å². The molecule has 0 fully saturated rings. The second-order valence-corrected chi connectivity index (χ2v) is 8.05. The largest absolute Gasteiger partial charge is 0.489 e. The molecule has 4 rings (SSSR count). The molecule has 6 nitrogen and oxygen atoms in total. The molecule has 2 amide bonds. The van der Waals surface area contributed by atoms with Crippen molar-refractivity contribution in [1.82, 2.24) is 0 Å². The number of carbonyl (C=O) groups excluding carboxylic acids is 2. The summed E-state index contributed by atoms with van der Waals surface area (Å²) in [6, 6.07) is 26.8. The summed E-state index contributed by atoms with van der Waals surface area (Å²) in [5.74, 6) is -1.05. The molecule has 7 heteroatoms. The number of nitriles is 1. The molecule has 36 heavy (non-hydrogen) atoms. The zero-order valence-electron chi connectivity index (χ0n) is 19.4. The Bertz CT molecular complexity index is 1480. The van der Waals surface area contributed by atoms with Crippen molar-refractivity contribution in [2.75, 3.05) is 10.6 Å². The molecule has 178 valence electrons. The first-order valence-corrected chi connectivity index (χ1v) is 11.1. The number of ether oxygens (including phenoxy) is 1. The molecule has 4 aromatic rings. The number of hydrogen-bond donors (Lipinski definition) is 2. The van der Waals surface area contributed by atoms with Crippen LogP contribution in [-0.4, -0.2) is 11.8 Å². The van der Waals surface area contributed by atoms with E-state index < -0.39 is 11.7 Å². The molecule has 0 aliphatic rings. The fraction of sp³-hybridized carbons (Fsp3) is 0.0690. The highest BCUT2D eigenvalue weighted by molar-refractivity contribution is 6.08. The van der Waals surface area contributed by atoms with Crippen LogP contribution in [0.15, 0.2) is 91.0 Å². The Labute approximate surface area is 208 Å². The molecule has 0 atom stereocenters. The summed E-state index contributed by atoms with van der Waals surface area (Å²) in [6.45, 7) is 2.06. The Morgan fingerprint density at radius 2 is 1.69 bits per heavy atom. The van der Waals surface area contributed by atoms with Gasteiger partial charge in [-0.25, -0.2) is 4.39 Å². The maximum Gasteiger partial charge on any atom is 0.258 e. The third-order valence-electron chi connectivity index (χ3n) is 5.42. The first kappa shape index (κ1) is 24.2. The van der Waals surface area contributed by atoms with Crippen molar-refractivity contribution in [3.8, 4) is 11.8 Å². The summed E-state index contributed by atoms with van der Waals surface area (Å²) in [4.78, 5) is 25.4. The van der Waals surface area contributed by atoms with E-state index in [1.165, 1.54) is 18.2 Å². The highest BCUT2D eigenvalue weighted by Crippen LogP contribution is 2.22. The SMILES string of the molecule is Cc1ccc(C(=O)Nc2cccc(OCc3cccc(C#N)c3)c2)cc1NC(=O)c1ccccc1F. The van der Waals surface area contributed by atoms with Crippen molar-refractivity contribution in [1.29, 1.82) is 5.26 Å². The van der Waals surface area contributed by atoms with Crippen LogP contribution in [0.5, 0.6) is 5.75 Å². The van der Waals surface area contributed by atoms with Gasteiger partial charge in [0, 0.05) is 23.0 Å². The quantitative estimate of drug-likeness (QED) is 0.336. The Balaban J connectivity index is 1.43. The minimum absolute atomic E-state index is 0.0806. The van der Waals surface area contributed by atoms with Crippen LogP contribution in [0.4, 0.5) is 15.8 Å². The number of hydrogen-bond acceptors (Lipinski definition) is 4. The van der Waals surface area contributed by atoms with Gasteiger partial charge in [0.1, 0.15) is 18.2 Å². The number of rotatable bonds is 7. The highest BCUT2D eigenvalue weighted by Gasteiger charge is 2.14. The van der Waals surface area contributed by atoms with Crippen LogP contribution in [0.2, 0.25) is 0 Å². The molecule has 0 aliphatic carbocycles. The second-order valence-electron chi connectivity index (χ2n) is 8.05. The summed E-state index contributed by atoms with van der Waals surface area (Å²) < 4.78 is 19.8. The zero-order chi connectivity index (χ0) is 25.5. The van der Waals surface area contributed by atoms with Gasteiger partial charge in [-0.2, -0.15) is 5.26 Å². The van der Waals surface area contributed by atoms with E-state index in [0.717, 1.165) is 11.1 Å². The van der Waals surface area contributed by atoms with Crippen molar-refractivity contribution in [2.45, 2.75) is 13.5 Å². The van der Waals surface area contributed by atoms with E-state index >= 15 is 0 Å². The number of aryl methyl sites for hydroxylation is 1. The topological polar surface area (TPSA) is 91.2 Å². The number of carbonyl (C=O) groups is 2. The van der Waals surface area contributed by atoms with Gasteiger partial charge in [-0.05, 0) is 66.6 Å². The van der Waals surface area contributed by atoms with Gasteiger partial charge in [0.15, 0.2) is 0 Å². The fourth-order valence-corrected chi connectivity index (χ4v) is 3.50. The normalized spacial score (nSPS) is 10.2. The van der Waals surface area contributed by atoms with E-state index in [4.69, 9.17) is 10.00 Å². The predicted molar refractivity (Wildman–Crippen MR) is 135 cm³/mol. The molecule has 0 radical (unpaired) electrons. The van der Waals surface area contributed by atoms with Crippen LogP contribution in [-0.2, 0) is 6.61 Å². The van der Waals surface area contributed by atoms with E-state index in [2.05, 4.69) is 16.7 Å². The molecule has 2 N–H and O–H groups in total. The average Bonchev–Trinajstić information content (AvgIpc) is 2.89. The molecule has 0 aromatic heterocycles. The van der Waals surface area contributed by atoms with E-state index in [0.29, 0.717) is 28.3 Å². The van der Waals surface area contributed by atoms with Crippen LogP contribution < -0.4 is 15.4 Å². The average molecular weight is 480 g/mol. The van der Waals surface area contributed by atoms with Crippen LogP contribution in [0.1, 0.15) is 37.4 Å². The summed E-state index contributed by atoms with van der Waals surface area (Å²) >= 11 is 0. The van der Waals surface area contributed by atoms with Crippen LogP contribution in [0.25, 0.3) is 0 Å². The Hall–Kier alpha value is -4.96. The number of nitrogens with one attached hydrogen (secondary N) is 2. The lowest BCUT2D eigenvalue weighted by atomic mass is 10.1. The molecule has 0 saturated heterocycles. The standard InChI is InChI=1S/C29H22FN3O3/c1-19-12-13-22(15-27(19)33-29(35)25-10-2-3-11-26(25)30)28(34)32-23-8-5-9-24(16-23)36-18-21-7-4-6-20(14-21)17-31/h2-16H,18H2,1H3,(H,32,34)(H,33,35). The molecule has 0 aliphatic heterocycles. The molecule has 0 unspecified atom stereocenters. The van der Waals surface area contributed by atoms with Gasteiger partial charge in [-0.3, -0.25) is 9.59 Å². The lowest BCUT2D eigenvalue weighted by Gasteiger charge is -2.12. The Morgan fingerprint density at radius 3 is 2.50 bits per heavy atom. The monoisotopic (exact) mass is 479 g/mol. The third-order valence-corrected chi connectivity index (χ3v) is 5.42. The van der Waals surface area contributed by atoms with Crippen molar-refractivity contribution in [3.63, 3.8) is 0 Å². The highest BCUT2D eigenvalue weighted by atomic mass is 19.1. The molecular formula is C29H22FN3O3. The Kier molecular flexibility index (Phi) is 7.37. The second kappa shape index (κ2) is 11.0. The lowest BCUT2D eigenvalue weighted by Crippen LogP contribution is -2.16. The van der Waals surface area contributed by atoms with Gasteiger partial charge in [0.05, 0.1) is 17.2 Å². The van der Waals surface area contributed by atoms with Gasteiger partial charge in [0.2, 0.25) is 0 Å². The van der Waals surface area contributed by atoms with E-state index in [1.54, 1.807) is 73.7 Å². The molecule has 4 aromatic carbocycles. The smallest absolute Gasteiger partial charge is 0.258 e. The summed E-state index contributed by atoms with van der Waals surface area (Å²) in [5.41, 5.74) is 3.32. The minimum Gasteiger partial charge on any atom is -0.489 e. The number of nitrogens with zero attached hydrogens (tertiary/aromatic N) is 1. The van der Waals surface area contributed by atoms with Crippen LogP contribution in [0.3, 0.4) is 0 Å². The summed E-state index contributed by atoms with van der Waals surface area (Å²) in [7, 11) is 0. The zero-order valence-corrected chi connectivity index (χ0v) is 19.4. The third kappa shape index (κ3) is 5.93. The van der Waals surface area contributed by atoms with Gasteiger partial charge >= 0.3 is 0 Å². The van der Waals surface area contributed by atoms with Gasteiger partial charge in [-0.15, -0.1) is 0 Å². The van der Waals surface area contributed by atoms with Crippen LogP contribution >= 0.6 is 0 Å². The van der Waals surface area contributed by atoms with Crippen molar-refractivity contribution >= 4 is 23.2 Å². The first-order chi connectivity index (χ1) is 17.4. The van der Waals surface area contributed by atoms with E-state index in [1.807, 2.05) is 6.07 Å². The maximum absolute atomic E-state index is 14.0. The fourth-order valence-electron chi connectivity index (χ4n) is 3.50. The van der Waals surface area contributed by atoms with E-state index in [-0.39, 0.29) is 18.1 Å². The van der Waals surface area contributed by atoms with Gasteiger partial charge in [0.25, 0.3) is 11.8 Å². The number of halogens is 1. The summed E-state index contributed by atoms with van der Waals surface area (Å²) in [5, 5.41) is 14.5. The maximum atomic E-state index is 14.0. The molecule has 0 saturated carbocycles. The molecular weight excluding hydrogens is 457 g/mol. The number of amides is 2. The van der Waals surface area contributed by atoms with Crippen molar-refractivity contribution in [2.24, 2.45) is 0 Å². The Morgan fingerprint density at radius 1 is 0.889 bits per heavy atom. The van der Waals surface area contributed by atoms with Gasteiger partial charge < -0.3 is 15.4 Å². The molecule has 0 spiro atoms. The lowest BCUT2D eigenvalue weighted by molar-refractivity contribution is 0.101. The molecule has 0 heterocycles. The van der Waals surface area contributed by atoms with Gasteiger partial charge in [-0.1, -0.05) is 36.4 Å². The van der Waals surface area contributed by atoms with Crippen LogP contribution in [0, 0.1) is 24.1 Å². The number of benzene rings is 4. The van der Waals surface area contributed by atoms with E-state index in [9.17, 15) is 14.0 Å². The number of anilines is 2. The predicted octanol–water partition coefficient (Wildman–Crippen LogP) is 6.09. The van der Waals surface area contributed by atoms with Crippen molar-refractivity contribution in [3.05, 3.63) is 125 Å².